The summed E-state index contributed by atoms with van der Waals surface area (Å²) in [5, 5.41) is 4.71. The number of imidazole rings is 1. The van der Waals surface area contributed by atoms with E-state index in [2.05, 4.69) is 41.3 Å². The van der Waals surface area contributed by atoms with E-state index in [1.807, 2.05) is 48.1 Å². The van der Waals surface area contributed by atoms with Crippen molar-refractivity contribution in [2.24, 2.45) is 0 Å². The first-order valence-corrected chi connectivity index (χ1v) is 8.80. The first kappa shape index (κ1) is 16.5. The summed E-state index contributed by atoms with van der Waals surface area (Å²) in [7, 11) is 0. The lowest BCUT2D eigenvalue weighted by atomic mass is 10.1. The fourth-order valence-corrected chi connectivity index (χ4v) is 3.25. The van der Waals surface area contributed by atoms with Crippen LogP contribution in [0.5, 0.6) is 0 Å². The summed E-state index contributed by atoms with van der Waals surface area (Å²) >= 11 is 0. The van der Waals surface area contributed by atoms with E-state index in [0.29, 0.717) is 0 Å². The first-order valence-electron chi connectivity index (χ1n) is 8.80. The van der Waals surface area contributed by atoms with Gasteiger partial charge in [0, 0.05) is 30.5 Å². The SMILES string of the molecule is Cc1c(C(C)NCc2ccc(-n3ccnc3C)nc2)oc2ccccc12. The highest BCUT2D eigenvalue weighted by atomic mass is 16.3. The highest BCUT2D eigenvalue weighted by Gasteiger charge is 2.16. The number of hydrogen-bond acceptors (Lipinski definition) is 4. The molecule has 4 rings (SSSR count). The molecule has 0 saturated heterocycles. The van der Waals surface area contributed by atoms with Crippen molar-refractivity contribution < 1.29 is 4.42 Å². The topological polar surface area (TPSA) is 55.9 Å². The van der Waals surface area contributed by atoms with Crippen molar-refractivity contribution in [3.05, 3.63) is 77.7 Å². The summed E-state index contributed by atoms with van der Waals surface area (Å²) in [6.07, 6.45) is 5.60. The highest BCUT2D eigenvalue weighted by molar-refractivity contribution is 5.82. The molecule has 1 atom stereocenters. The molecular weight excluding hydrogens is 324 g/mol. The molecular formula is C21H22N4O. The van der Waals surface area contributed by atoms with Crippen molar-refractivity contribution in [3.63, 3.8) is 0 Å². The van der Waals surface area contributed by atoms with Gasteiger partial charge in [0.25, 0.3) is 0 Å². The van der Waals surface area contributed by atoms with Crippen molar-refractivity contribution in [3.8, 4) is 5.82 Å². The van der Waals surface area contributed by atoms with Crippen molar-refractivity contribution in [1.29, 1.82) is 0 Å². The lowest BCUT2D eigenvalue weighted by Crippen LogP contribution is -2.18. The van der Waals surface area contributed by atoms with Crippen LogP contribution in [-0.2, 0) is 6.54 Å². The molecule has 132 valence electrons. The third-order valence-electron chi connectivity index (χ3n) is 4.77. The third-order valence-corrected chi connectivity index (χ3v) is 4.77. The second-order valence-corrected chi connectivity index (χ2v) is 6.56. The number of para-hydroxylation sites is 1. The number of aryl methyl sites for hydroxylation is 2. The lowest BCUT2D eigenvalue weighted by molar-refractivity contribution is 0.447. The predicted octanol–water partition coefficient (Wildman–Crippen LogP) is 4.48. The largest absolute Gasteiger partial charge is 0.459 e. The highest BCUT2D eigenvalue weighted by Crippen LogP contribution is 2.29. The number of fused-ring (bicyclic) bond motifs is 1. The molecule has 0 radical (unpaired) electrons. The molecule has 1 aromatic carbocycles. The minimum Gasteiger partial charge on any atom is -0.459 e. The van der Waals surface area contributed by atoms with Crippen LogP contribution >= 0.6 is 0 Å². The summed E-state index contributed by atoms with van der Waals surface area (Å²) in [4.78, 5) is 8.78. The maximum Gasteiger partial charge on any atom is 0.137 e. The van der Waals surface area contributed by atoms with Gasteiger partial charge in [-0.25, -0.2) is 9.97 Å². The molecule has 1 N–H and O–H groups in total. The molecule has 0 bridgehead atoms. The van der Waals surface area contributed by atoms with Crippen LogP contribution in [0.25, 0.3) is 16.8 Å². The summed E-state index contributed by atoms with van der Waals surface area (Å²) in [5.41, 5.74) is 3.27. The maximum absolute atomic E-state index is 6.04. The summed E-state index contributed by atoms with van der Waals surface area (Å²) in [6, 6.07) is 12.4. The predicted molar refractivity (Wildman–Crippen MR) is 102 cm³/mol. The lowest BCUT2D eigenvalue weighted by Gasteiger charge is -2.13. The minimum absolute atomic E-state index is 0.123. The Morgan fingerprint density at radius 1 is 1.12 bits per heavy atom. The van der Waals surface area contributed by atoms with Gasteiger partial charge in [0.2, 0.25) is 0 Å². The fraction of sp³-hybridized carbons (Fsp3) is 0.238. The molecule has 0 saturated carbocycles. The van der Waals surface area contributed by atoms with Crippen molar-refractivity contribution in [1.82, 2.24) is 19.9 Å². The molecule has 3 aromatic heterocycles. The van der Waals surface area contributed by atoms with Gasteiger partial charge in [0.15, 0.2) is 0 Å². The van der Waals surface area contributed by atoms with E-state index in [-0.39, 0.29) is 6.04 Å². The van der Waals surface area contributed by atoms with Crippen molar-refractivity contribution in [2.75, 3.05) is 0 Å². The second-order valence-electron chi connectivity index (χ2n) is 6.56. The Balaban J connectivity index is 1.46. The molecule has 0 fully saturated rings. The molecule has 0 spiro atoms. The number of nitrogens with one attached hydrogen (secondary N) is 1. The summed E-state index contributed by atoms with van der Waals surface area (Å²) in [6.45, 7) is 6.94. The third kappa shape index (κ3) is 3.02. The van der Waals surface area contributed by atoms with E-state index >= 15 is 0 Å². The standard InChI is InChI=1S/C21H22N4O/c1-14-18-6-4-5-7-19(18)26-21(14)15(2)23-12-17-8-9-20(24-13-17)25-11-10-22-16(25)3/h4-11,13,15,23H,12H2,1-3H3. The smallest absolute Gasteiger partial charge is 0.137 e. The maximum atomic E-state index is 6.04. The number of hydrogen-bond donors (Lipinski definition) is 1. The molecule has 0 aliphatic carbocycles. The quantitative estimate of drug-likeness (QED) is 0.579. The molecule has 1 unspecified atom stereocenters. The van der Waals surface area contributed by atoms with E-state index in [4.69, 9.17) is 4.42 Å². The van der Waals surface area contributed by atoms with Crippen LogP contribution in [0.15, 0.2) is 59.4 Å². The molecule has 0 aliphatic heterocycles. The molecule has 0 amide bonds. The average Bonchev–Trinajstić information content (AvgIpc) is 3.24. The van der Waals surface area contributed by atoms with E-state index in [9.17, 15) is 0 Å². The van der Waals surface area contributed by atoms with Gasteiger partial charge in [0.05, 0.1) is 6.04 Å². The zero-order valence-corrected chi connectivity index (χ0v) is 15.2. The summed E-state index contributed by atoms with van der Waals surface area (Å²) < 4.78 is 8.01. The van der Waals surface area contributed by atoms with Gasteiger partial charge in [-0.05, 0) is 44.0 Å². The average molecular weight is 346 g/mol. The van der Waals surface area contributed by atoms with Gasteiger partial charge in [-0.1, -0.05) is 24.3 Å². The first-order chi connectivity index (χ1) is 12.6. The van der Waals surface area contributed by atoms with Crippen LogP contribution in [0.3, 0.4) is 0 Å². The Morgan fingerprint density at radius 2 is 1.96 bits per heavy atom. The van der Waals surface area contributed by atoms with Crippen LogP contribution in [0.1, 0.15) is 35.7 Å². The molecule has 4 aromatic rings. The Kier molecular flexibility index (Phi) is 4.31. The van der Waals surface area contributed by atoms with Crippen LogP contribution in [0.2, 0.25) is 0 Å². The number of aromatic nitrogens is 3. The van der Waals surface area contributed by atoms with Gasteiger partial charge in [-0.15, -0.1) is 0 Å². The van der Waals surface area contributed by atoms with Gasteiger partial charge in [0.1, 0.15) is 23.0 Å². The fourth-order valence-electron chi connectivity index (χ4n) is 3.25. The van der Waals surface area contributed by atoms with E-state index in [1.54, 1.807) is 6.20 Å². The van der Waals surface area contributed by atoms with Gasteiger partial charge < -0.3 is 9.73 Å². The van der Waals surface area contributed by atoms with E-state index in [1.165, 1.54) is 10.9 Å². The number of pyridine rings is 1. The van der Waals surface area contributed by atoms with Crippen molar-refractivity contribution in [2.45, 2.75) is 33.4 Å². The van der Waals surface area contributed by atoms with Gasteiger partial charge >= 0.3 is 0 Å². The van der Waals surface area contributed by atoms with Crippen LogP contribution < -0.4 is 5.32 Å². The Bertz CT molecular complexity index is 1030. The van der Waals surface area contributed by atoms with Crippen molar-refractivity contribution >= 4 is 11.0 Å². The number of furan rings is 1. The number of benzene rings is 1. The normalized spacial score (nSPS) is 12.6. The van der Waals surface area contributed by atoms with Crippen LogP contribution in [-0.4, -0.2) is 14.5 Å². The van der Waals surface area contributed by atoms with Gasteiger partial charge in [-0.3, -0.25) is 4.57 Å². The van der Waals surface area contributed by atoms with Crippen LogP contribution in [0, 0.1) is 13.8 Å². The molecule has 26 heavy (non-hydrogen) atoms. The molecule has 5 heteroatoms. The zero-order chi connectivity index (χ0) is 18.1. The number of nitrogens with zero attached hydrogens (tertiary/aromatic N) is 3. The Morgan fingerprint density at radius 3 is 2.65 bits per heavy atom. The summed E-state index contributed by atoms with van der Waals surface area (Å²) in [5.74, 6) is 2.80. The minimum atomic E-state index is 0.123. The Labute approximate surface area is 152 Å². The van der Waals surface area contributed by atoms with E-state index < -0.39 is 0 Å². The van der Waals surface area contributed by atoms with Gasteiger partial charge in [-0.2, -0.15) is 0 Å². The monoisotopic (exact) mass is 346 g/mol. The molecule has 5 nitrogen and oxygen atoms in total. The Hall–Kier alpha value is -2.92. The van der Waals surface area contributed by atoms with Crippen LogP contribution in [0.4, 0.5) is 0 Å². The molecule has 0 aliphatic rings. The van der Waals surface area contributed by atoms with E-state index in [0.717, 1.165) is 35.1 Å². The second kappa shape index (κ2) is 6.77. The number of rotatable bonds is 5. The molecule has 3 heterocycles. The zero-order valence-electron chi connectivity index (χ0n) is 15.2.